The molecular formula is C17H30N2O2. The van der Waals surface area contributed by atoms with E-state index in [9.17, 15) is 0 Å². The number of nitrogens with zero attached hydrogens (tertiary/aromatic N) is 1. The normalized spacial score (nSPS) is 14.0. The highest BCUT2D eigenvalue weighted by atomic mass is 16.5. The second-order valence-corrected chi connectivity index (χ2v) is 5.79. The standard InChI is InChI=1S/C17H30N2O2/c1-13-10-16(11-14(2)18)6-7-17(13)19(8-9-20-4)15(3)12-21-5/h6-7,10,14-15H,8-9,11-12,18H2,1-5H3. The maximum absolute atomic E-state index is 5.88. The molecule has 21 heavy (non-hydrogen) atoms. The third kappa shape index (κ3) is 5.65. The average molecular weight is 294 g/mol. The highest BCUT2D eigenvalue weighted by Gasteiger charge is 2.16. The van der Waals surface area contributed by atoms with Gasteiger partial charge in [0.1, 0.15) is 0 Å². The van der Waals surface area contributed by atoms with Gasteiger partial charge < -0.3 is 20.1 Å². The van der Waals surface area contributed by atoms with Crippen LogP contribution in [0.2, 0.25) is 0 Å². The maximum Gasteiger partial charge on any atom is 0.0663 e. The van der Waals surface area contributed by atoms with Crippen molar-refractivity contribution in [2.45, 2.75) is 39.3 Å². The Morgan fingerprint density at radius 2 is 1.90 bits per heavy atom. The fourth-order valence-corrected chi connectivity index (χ4v) is 2.64. The van der Waals surface area contributed by atoms with Gasteiger partial charge in [0.25, 0.3) is 0 Å². The van der Waals surface area contributed by atoms with Crippen molar-refractivity contribution in [3.05, 3.63) is 29.3 Å². The molecule has 4 nitrogen and oxygen atoms in total. The van der Waals surface area contributed by atoms with Crippen LogP contribution in [-0.4, -0.2) is 46.1 Å². The van der Waals surface area contributed by atoms with Crippen LogP contribution in [0.3, 0.4) is 0 Å². The first-order chi connectivity index (χ1) is 9.99. The van der Waals surface area contributed by atoms with Gasteiger partial charge in [-0.25, -0.2) is 0 Å². The van der Waals surface area contributed by atoms with E-state index in [1.165, 1.54) is 16.8 Å². The van der Waals surface area contributed by atoms with Crippen molar-refractivity contribution in [1.29, 1.82) is 0 Å². The minimum atomic E-state index is 0.187. The minimum absolute atomic E-state index is 0.187. The number of benzene rings is 1. The van der Waals surface area contributed by atoms with Crippen LogP contribution >= 0.6 is 0 Å². The summed E-state index contributed by atoms with van der Waals surface area (Å²) in [4.78, 5) is 2.35. The predicted molar refractivity (Wildman–Crippen MR) is 89.1 cm³/mol. The number of nitrogens with two attached hydrogens (primary N) is 1. The lowest BCUT2D eigenvalue weighted by molar-refractivity contribution is 0.171. The van der Waals surface area contributed by atoms with Gasteiger partial charge in [-0.15, -0.1) is 0 Å². The van der Waals surface area contributed by atoms with E-state index in [-0.39, 0.29) is 6.04 Å². The number of hydrogen-bond acceptors (Lipinski definition) is 4. The van der Waals surface area contributed by atoms with E-state index in [2.05, 4.69) is 36.9 Å². The van der Waals surface area contributed by atoms with Crippen LogP contribution < -0.4 is 10.6 Å². The molecule has 1 aromatic carbocycles. The van der Waals surface area contributed by atoms with Crippen LogP contribution in [-0.2, 0) is 15.9 Å². The van der Waals surface area contributed by atoms with Crippen LogP contribution in [0.1, 0.15) is 25.0 Å². The molecule has 4 heteroatoms. The molecule has 0 heterocycles. The molecule has 0 radical (unpaired) electrons. The number of anilines is 1. The topological polar surface area (TPSA) is 47.7 Å². The number of rotatable bonds is 9. The Labute approximate surface area is 129 Å². The van der Waals surface area contributed by atoms with Crippen molar-refractivity contribution >= 4 is 5.69 Å². The number of ether oxygens (including phenoxy) is 2. The second-order valence-electron chi connectivity index (χ2n) is 5.79. The van der Waals surface area contributed by atoms with Crippen LogP contribution in [0, 0.1) is 6.92 Å². The van der Waals surface area contributed by atoms with Gasteiger partial charge >= 0.3 is 0 Å². The van der Waals surface area contributed by atoms with Gasteiger partial charge in [-0.2, -0.15) is 0 Å². The van der Waals surface area contributed by atoms with Gasteiger partial charge in [0, 0.05) is 38.5 Å². The Bertz CT molecular complexity index is 421. The fourth-order valence-electron chi connectivity index (χ4n) is 2.64. The minimum Gasteiger partial charge on any atom is -0.383 e. The molecule has 2 atom stereocenters. The molecule has 0 aromatic heterocycles. The zero-order valence-electron chi connectivity index (χ0n) is 14.1. The number of hydrogen-bond donors (Lipinski definition) is 1. The van der Waals surface area contributed by atoms with E-state index in [0.29, 0.717) is 19.3 Å². The molecule has 0 spiro atoms. The van der Waals surface area contributed by atoms with Crippen LogP contribution in [0.5, 0.6) is 0 Å². The van der Waals surface area contributed by atoms with Gasteiger partial charge in [0.2, 0.25) is 0 Å². The average Bonchev–Trinajstić information content (AvgIpc) is 2.40. The number of methoxy groups -OCH3 is 2. The SMILES string of the molecule is COCCN(c1ccc(CC(C)N)cc1C)C(C)COC. The van der Waals surface area contributed by atoms with Crippen LogP contribution in [0.4, 0.5) is 5.69 Å². The van der Waals surface area contributed by atoms with Crippen molar-refractivity contribution in [1.82, 2.24) is 0 Å². The lowest BCUT2D eigenvalue weighted by Gasteiger charge is -2.32. The largest absolute Gasteiger partial charge is 0.383 e. The summed E-state index contributed by atoms with van der Waals surface area (Å²) in [5.74, 6) is 0. The molecule has 2 N–H and O–H groups in total. The van der Waals surface area contributed by atoms with E-state index in [0.717, 1.165) is 13.0 Å². The molecule has 0 aliphatic heterocycles. The third-order valence-corrected chi connectivity index (χ3v) is 3.60. The zero-order valence-corrected chi connectivity index (χ0v) is 14.1. The second kappa shape index (κ2) is 9.03. The summed E-state index contributed by atoms with van der Waals surface area (Å²) >= 11 is 0. The van der Waals surface area contributed by atoms with E-state index in [1.807, 2.05) is 6.92 Å². The molecule has 120 valence electrons. The molecular weight excluding hydrogens is 264 g/mol. The summed E-state index contributed by atoms with van der Waals surface area (Å²) in [5, 5.41) is 0. The Kier molecular flexibility index (Phi) is 7.72. The summed E-state index contributed by atoms with van der Waals surface area (Å²) in [6.07, 6.45) is 0.910. The maximum atomic E-state index is 5.88. The smallest absolute Gasteiger partial charge is 0.0663 e. The molecule has 0 aliphatic rings. The quantitative estimate of drug-likeness (QED) is 0.759. The lowest BCUT2D eigenvalue weighted by Crippen LogP contribution is -2.39. The molecule has 1 aromatic rings. The van der Waals surface area contributed by atoms with Gasteiger partial charge in [-0.05, 0) is 44.4 Å². The molecule has 0 bridgehead atoms. The van der Waals surface area contributed by atoms with Crippen LogP contribution in [0.25, 0.3) is 0 Å². The van der Waals surface area contributed by atoms with E-state index >= 15 is 0 Å². The van der Waals surface area contributed by atoms with Crippen molar-refractivity contribution < 1.29 is 9.47 Å². The predicted octanol–water partition coefficient (Wildman–Crippen LogP) is 2.37. The highest BCUT2D eigenvalue weighted by molar-refractivity contribution is 5.55. The number of aryl methyl sites for hydroxylation is 1. The first-order valence-corrected chi connectivity index (χ1v) is 7.59. The van der Waals surface area contributed by atoms with Crippen molar-refractivity contribution in [2.24, 2.45) is 5.73 Å². The van der Waals surface area contributed by atoms with Crippen molar-refractivity contribution in [2.75, 3.05) is 38.9 Å². The van der Waals surface area contributed by atoms with Crippen molar-refractivity contribution in [3.8, 4) is 0 Å². The fraction of sp³-hybridized carbons (Fsp3) is 0.647. The van der Waals surface area contributed by atoms with Gasteiger partial charge in [0.15, 0.2) is 0 Å². The summed E-state index contributed by atoms with van der Waals surface area (Å²) in [6, 6.07) is 7.09. The first kappa shape index (κ1) is 18.0. The van der Waals surface area contributed by atoms with Crippen LogP contribution in [0.15, 0.2) is 18.2 Å². The Morgan fingerprint density at radius 3 is 2.43 bits per heavy atom. The lowest BCUT2D eigenvalue weighted by atomic mass is 10.0. The Hall–Kier alpha value is -1.10. The molecule has 2 unspecified atom stereocenters. The molecule has 0 saturated carbocycles. The zero-order chi connectivity index (χ0) is 15.8. The van der Waals surface area contributed by atoms with Gasteiger partial charge in [-0.3, -0.25) is 0 Å². The van der Waals surface area contributed by atoms with Gasteiger partial charge in [-0.1, -0.05) is 12.1 Å². The molecule has 0 fully saturated rings. The summed E-state index contributed by atoms with van der Waals surface area (Å²) in [6.45, 7) is 8.62. The molecule has 1 rings (SSSR count). The summed E-state index contributed by atoms with van der Waals surface area (Å²) in [5.41, 5.74) is 9.68. The Morgan fingerprint density at radius 1 is 1.19 bits per heavy atom. The molecule has 0 saturated heterocycles. The van der Waals surface area contributed by atoms with Crippen molar-refractivity contribution in [3.63, 3.8) is 0 Å². The van der Waals surface area contributed by atoms with E-state index in [4.69, 9.17) is 15.2 Å². The van der Waals surface area contributed by atoms with E-state index in [1.54, 1.807) is 14.2 Å². The monoisotopic (exact) mass is 294 g/mol. The highest BCUT2D eigenvalue weighted by Crippen LogP contribution is 2.24. The van der Waals surface area contributed by atoms with E-state index < -0.39 is 0 Å². The first-order valence-electron chi connectivity index (χ1n) is 7.59. The third-order valence-electron chi connectivity index (χ3n) is 3.60. The molecule has 0 amide bonds. The molecule has 0 aliphatic carbocycles. The Balaban J connectivity index is 2.95. The summed E-state index contributed by atoms with van der Waals surface area (Å²) in [7, 11) is 3.47. The summed E-state index contributed by atoms with van der Waals surface area (Å²) < 4.78 is 10.5. The van der Waals surface area contributed by atoms with Gasteiger partial charge in [0.05, 0.1) is 13.2 Å².